The van der Waals surface area contributed by atoms with Crippen molar-refractivity contribution in [2.24, 2.45) is 0 Å². The zero-order valence-corrected chi connectivity index (χ0v) is 12.1. The number of oxazole rings is 1. The predicted octanol–water partition coefficient (Wildman–Crippen LogP) is 2.65. The van der Waals surface area contributed by atoms with Gasteiger partial charge in [-0.1, -0.05) is 12.8 Å². The van der Waals surface area contributed by atoms with E-state index in [1.165, 1.54) is 32.1 Å². The summed E-state index contributed by atoms with van der Waals surface area (Å²) in [6.07, 6.45) is 8.42. The lowest BCUT2D eigenvalue weighted by atomic mass is 9.96. The molecule has 1 unspecified atom stereocenters. The molecule has 2 aliphatic rings. The van der Waals surface area contributed by atoms with Gasteiger partial charge in [0.15, 0.2) is 0 Å². The van der Waals surface area contributed by atoms with E-state index in [9.17, 15) is 0 Å². The first kappa shape index (κ1) is 13.1. The number of nitrogens with zero attached hydrogens (tertiary/aromatic N) is 2. The maximum absolute atomic E-state index is 5.72. The second-order valence-corrected chi connectivity index (χ2v) is 6.22. The van der Waals surface area contributed by atoms with Crippen LogP contribution in [0.25, 0.3) is 0 Å². The zero-order valence-electron chi connectivity index (χ0n) is 12.1. The van der Waals surface area contributed by atoms with Crippen LogP contribution in [0.2, 0.25) is 0 Å². The minimum Gasteiger partial charge on any atom is -0.444 e. The fraction of sp³-hybridized carbons (Fsp3) is 0.800. The second kappa shape index (κ2) is 5.25. The van der Waals surface area contributed by atoms with Gasteiger partial charge in [0.05, 0.1) is 12.2 Å². The van der Waals surface area contributed by atoms with E-state index in [4.69, 9.17) is 4.42 Å². The number of aromatic nitrogens is 1. The molecule has 1 aromatic rings. The summed E-state index contributed by atoms with van der Waals surface area (Å²) in [5, 5.41) is 3.81. The highest BCUT2D eigenvalue weighted by Crippen LogP contribution is 2.34. The molecule has 2 heterocycles. The zero-order chi connectivity index (χ0) is 13.3. The van der Waals surface area contributed by atoms with Crippen molar-refractivity contribution in [3.05, 3.63) is 17.8 Å². The molecule has 1 spiro atoms. The first-order valence-electron chi connectivity index (χ1n) is 7.60. The topological polar surface area (TPSA) is 41.3 Å². The number of aryl methyl sites for hydroxylation is 1. The molecule has 106 valence electrons. The van der Waals surface area contributed by atoms with Crippen LogP contribution < -0.4 is 5.32 Å². The summed E-state index contributed by atoms with van der Waals surface area (Å²) in [7, 11) is 0. The van der Waals surface area contributed by atoms with Gasteiger partial charge in [0.2, 0.25) is 5.89 Å². The van der Waals surface area contributed by atoms with Gasteiger partial charge in [-0.15, -0.1) is 0 Å². The molecule has 3 rings (SSSR count). The van der Waals surface area contributed by atoms with Crippen molar-refractivity contribution in [2.45, 2.75) is 57.5 Å². The first-order valence-corrected chi connectivity index (χ1v) is 7.60. The Hall–Kier alpha value is -0.870. The highest BCUT2D eigenvalue weighted by Gasteiger charge is 2.38. The minimum absolute atomic E-state index is 0.283. The number of nitrogens with one attached hydrogen (secondary N) is 1. The third-order valence-corrected chi connectivity index (χ3v) is 4.73. The van der Waals surface area contributed by atoms with Gasteiger partial charge < -0.3 is 9.73 Å². The molecule has 1 N–H and O–H groups in total. The van der Waals surface area contributed by atoms with Crippen molar-refractivity contribution in [2.75, 3.05) is 19.6 Å². The van der Waals surface area contributed by atoms with Gasteiger partial charge in [0.25, 0.3) is 0 Å². The van der Waals surface area contributed by atoms with Crippen molar-refractivity contribution < 1.29 is 4.42 Å². The fourth-order valence-electron chi connectivity index (χ4n) is 3.60. The fourth-order valence-corrected chi connectivity index (χ4v) is 3.60. The van der Waals surface area contributed by atoms with Crippen LogP contribution in [-0.4, -0.2) is 35.1 Å². The molecule has 2 fully saturated rings. The van der Waals surface area contributed by atoms with E-state index in [0.717, 1.165) is 31.3 Å². The van der Waals surface area contributed by atoms with E-state index >= 15 is 0 Å². The van der Waals surface area contributed by atoms with Crippen molar-refractivity contribution in [3.8, 4) is 0 Å². The van der Waals surface area contributed by atoms with Gasteiger partial charge >= 0.3 is 0 Å². The molecule has 0 bridgehead atoms. The lowest BCUT2D eigenvalue weighted by molar-refractivity contribution is 0.146. The first-order chi connectivity index (χ1) is 9.19. The van der Waals surface area contributed by atoms with Crippen LogP contribution >= 0.6 is 0 Å². The van der Waals surface area contributed by atoms with Crippen LogP contribution in [0.15, 0.2) is 10.6 Å². The highest BCUT2D eigenvalue weighted by molar-refractivity contribution is 5.01. The predicted molar refractivity (Wildman–Crippen MR) is 75.0 cm³/mol. The molecule has 1 aromatic heterocycles. The van der Waals surface area contributed by atoms with Crippen LogP contribution in [0.4, 0.5) is 0 Å². The van der Waals surface area contributed by atoms with E-state index in [-0.39, 0.29) is 6.04 Å². The smallest absolute Gasteiger partial charge is 0.211 e. The molecule has 1 aliphatic carbocycles. The molecule has 4 heteroatoms. The van der Waals surface area contributed by atoms with Crippen LogP contribution in [0.5, 0.6) is 0 Å². The van der Waals surface area contributed by atoms with E-state index < -0.39 is 0 Å². The Morgan fingerprint density at radius 1 is 1.37 bits per heavy atom. The molecule has 1 saturated heterocycles. The highest BCUT2D eigenvalue weighted by atomic mass is 16.4. The maximum Gasteiger partial charge on any atom is 0.211 e. The summed E-state index contributed by atoms with van der Waals surface area (Å²) < 4.78 is 5.72. The third kappa shape index (κ3) is 2.70. The second-order valence-electron chi connectivity index (χ2n) is 6.22. The van der Waals surface area contributed by atoms with Crippen LogP contribution in [-0.2, 0) is 0 Å². The molecule has 1 aliphatic heterocycles. The Labute approximate surface area is 115 Å². The van der Waals surface area contributed by atoms with Gasteiger partial charge in [-0.25, -0.2) is 4.98 Å². The Morgan fingerprint density at radius 2 is 2.16 bits per heavy atom. The molecular formula is C15H25N3O. The summed E-state index contributed by atoms with van der Waals surface area (Å²) in [6.45, 7) is 7.60. The van der Waals surface area contributed by atoms with Crippen molar-refractivity contribution in [1.29, 1.82) is 0 Å². The summed E-state index contributed by atoms with van der Waals surface area (Å²) in [5.74, 6) is 1.78. The summed E-state index contributed by atoms with van der Waals surface area (Å²) in [4.78, 5) is 6.96. The molecular weight excluding hydrogens is 238 g/mol. The van der Waals surface area contributed by atoms with Gasteiger partial charge in [-0.2, -0.15) is 0 Å². The Kier molecular flexibility index (Phi) is 3.63. The van der Waals surface area contributed by atoms with Gasteiger partial charge in [0, 0.05) is 18.6 Å². The number of hydrogen-bond donors (Lipinski definition) is 1. The molecule has 0 aromatic carbocycles. The molecule has 0 radical (unpaired) electrons. The summed E-state index contributed by atoms with van der Waals surface area (Å²) in [5.41, 5.74) is 0.354. The van der Waals surface area contributed by atoms with Crippen molar-refractivity contribution >= 4 is 0 Å². The molecule has 19 heavy (non-hydrogen) atoms. The largest absolute Gasteiger partial charge is 0.444 e. The van der Waals surface area contributed by atoms with Crippen LogP contribution in [0.1, 0.15) is 56.7 Å². The monoisotopic (exact) mass is 263 g/mol. The van der Waals surface area contributed by atoms with Gasteiger partial charge in [-0.3, -0.25) is 4.90 Å². The maximum atomic E-state index is 5.72. The Balaban J connectivity index is 1.75. The standard InChI is InChI=1S/C15H25N3O/c1-12-10-16-14(19-12)13(2)18-9-5-8-17-15(11-18)6-3-4-7-15/h10,13,17H,3-9,11H2,1-2H3. The molecule has 0 amide bonds. The lowest BCUT2D eigenvalue weighted by Crippen LogP contribution is -2.49. The number of rotatable bonds is 2. The summed E-state index contributed by atoms with van der Waals surface area (Å²) >= 11 is 0. The van der Waals surface area contributed by atoms with E-state index in [0.29, 0.717) is 5.54 Å². The lowest BCUT2D eigenvalue weighted by Gasteiger charge is -2.35. The SMILES string of the molecule is Cc1cnc(C(C)N2CCCNC3(CCCC3)C2)o1. The van der Waals surface area contributed by atoms with Gasteiger partial charge in [-0.05, 0) is 39.7 Å². The minimum atomic E-state index is 0.283. The molecule has 1 saturated carbocycles. The van der Waals surface area contributed by atoms with Crippen LogP contribution in [0.3, 0.4) is 0 Å². The average molecular weight is 263 g/mol. The van der Waals surface area contributed by atoms with E-state index in [2.05, 4.69) is 22.1 Å². The average Bonchev–Trinajstić information content (AvgIpc) is 2.96. The number of hydrogen-bond acceptors (Lipinski definition) is 4. The third-order valence-electron chi connectivity index (χ3n) is 4.73. The molecule has 4 nitrogen and oxygen atoms in total. The van der Waals surface area contributed by atoms with Crippen molar-refractivity contribution in [3.63, 3.8) is 0 Å². The Morgan fingerprint density at radius 3 is 2.84 bits per heavy atom. The summed E-state index contributed by atoms with van der Waals surface area (Å²) in [6, 6.07) is 0.283. The van der Waals surface area contributed by atoms with E-state index in [1.807, 2.05) is 13.1 Å². The van der Waals surface area contributed by atoms with Crippen molar-refractivity contribution in [1.82, 2.24) is 15.2 Å². The van der Waals surface area contributed by atoms with Crippen LogP contribution in [0, 0.1) is 6.92 Å². The Bertz CT molecular complexity index is 423. The molecule has 1 atom stereocenters. The van der Waals surface area contributed by atoms with Gasteiger partial charge in [0.1, 0.15) is 5.76 Å². The van der Waals surface area contributed by atoms with E-state index in [1.54, 1.807) is 0 Å². The normalized spacial score (nSPS) is 25.6. The quantitative estimate of drug-likeness (QED) is 0.890.